The monoisotopic (exact) mass is 272 g/mol. The van der Waals surface area contributed by atoms with E-state index in [-0.39, 0.29) is 18.0 Å². The number of carbonyl (C=O) groups is 1. The van der Waals surface area contributed by atoms with E-state index in [1.165, 1.54) is 25.3 Å². The van der Waals surface area contributed by atoms with Gasteiger partial charge in [0.15, 0.2) is 5.78 Å². The lowest BCUT2D eigenvalue weighted by atomic mass is 10.1. The molecule has 0 radical (unpaired) electrons. The number of hydrogen-bond acceptors (Lipinski definition) is 5. The topological polar surface area (TPSA) is 85.7 Å². The normalized spacial score (nSPS) is 10.8. The van der Waals surface area contributed by atoms with E-state index in [0.29, 0.717) is 17.1 Å². The predicted octanol–water partition coefficient (Wildman–Crippen LogP) is 2.86. The number of furan rings is 1. The van der Waals surface area contributed by atoms with Gasteiger partial charge in [0.1, 0.15) is 11.5 Å². The lowest BCUT2D eigenvalue weighted by Crippen LogP contribution is -1.94. The van der Waals surface area contributed by atoms with Crippen molar-refractivity contribution in [3.05, 3.63) is 52.3 Å². The van der Waals surface area contributed by atoms with Crippen LogP contribution in [-0.2, 0) is 4.79 Å². The number of carbonyl (C=O) groups excluding carboxylic acids is 1. The molecule has 0 saturated carbocycles. The first-order chi connectivity index (χ1) is 9.56. The fraction of sp³-hybridized carbons (Fsp3) is 0.143. The highest BCUT2D eigenvalue weighted by molar-refractivity contribution is 5.83. The summed E-state index contributed by atoms with van der Waals surface area (Å²) in [5.74, 6) is 0.970. The number of hydrogen-bond donors (Lipinski definition) is 0. The summed E-state index contributed by atoms with van der Waals surface area (Å²) in [6, 6.07) is 9.57. The van der Waals surface area contributed by atoms with Crippen LogP contribution in [-0.4, -0.2) is 23.5 Å². The molecule has 0 unspecified atom stereocenters. The van der Waals surface area contributed by atoms with Crippen LogP contribution in [0, 0.1) is 10.1 Å². The summed E-state index contributed by atoms with van der Waals surface area (Å²) in [5.41, 5.74) is 0.621. The number of rotatable bonds is 5. The zero-order valence-corrected chi connectivity index (χ0v) is 10.8. The molecule has 1 aromatic heterocycles. The van der Waals surface area contributed by atoms with Crippen LogP contribution < -0.4 is 0 Å². The first kappa shape index (κ1) is 13.7. The summed E-state index contributed by atoms with van der Waals surface area (Å²) in [7, 11) is 0. The molecule has 2 rings (SSSR count). The molecule has 0 fully saturated rings. The molecule has 6 heteroatoms. The summed E-state index contributed by atoms with van der Waals surface area (Å²) in [6.07, 6.45) is 1.46. The highest BCUT2D eigenvalue weighted by atomic mass is 16.6. The number of nitrogens with zero attached hydrogens (tertiary/aromatic N) is 2. The van der Waals surface area contributed by atoms with Crippen molar-refractivity contribution in [2.75, 3.05) is 6.54 Å². The van der Waals surface area contributed by atoms with Gasteiger partial charge in [0, 0.05) is 17.7 Å². The SMILES string of the molecule is CC(=O)CN=Cc1ccc(-c2cccc([N+](=O)[O-])c2)o1. The van der Waals surface area contributed by atoms with Gasteiger partial charge in [0.05, 0.1) is 17.7 Å². The van der Waals surface area contributed by atoms with Gasteiger partial charge in [-0.15, -0.1) is 0 Å². The Bertz CT molecular complexity index is 673. The minimum absolute atomic E-state index is 0.00527. The first-order valence-electron chi connectivity index (χ1n) is 5.90. The Kier molecular flexibility index (Phi) is 4.05. The molecular formula is C14H12N2O4. The van der Waals surface area contributed by atoms with Crippen LogP contribution in [0.3, 0.4) is 0 Å². The molecule has 0 spiro atoms. The average molecular weight is 272 g/mol. The number of aliphatic imine (C=N–C) groups is 1. The van der Waals surface area contributed by atoms with Crippen molar-refractivity contribution in [1.29, 1.82) is 0 Å². The molecule has 0 saturated heterocycles. The van der Waals surface area contributed by atoms with E-state index in [0.717, 1.165) is 0 Å². The molecule has 1 aromatic carbocycles. The van der Waals surface area contributed by atoms with E-state index in [2.05, 4.69) is 4.99 Å². The van der Waals surface area contributed by atoms with E-state index in [9.17, 15) is 14.9 Å². The molecule has 0 bridgehead atoms. The number of Topliss-reactive ketones (excluding diaryl/α,β-unsaturated/α-hetero) is 1. The number of nitro groups is 1. The summed E-state index contributed by atoms with van der Waals surface area (Å²) in [4.78, 5) is 24.9. The largest absolute Gasteiger partial charge is 0.455 e. The Hall–Kier alpha value is -2.76. The number of non-ortho nitro benzene ring substituents is 1. The zero-order valence-electron chi connectivity index (χ0n) is 10.8. The lowest BCUT2D eigenvalue weighted by Gasteiger charge is -1.96. The molecule has 0 aliphatic rings. The highest BCUT2D eigenvalue weighted by Gasteiger charge is 2.09. The van der Waals surface area contributed by atoms with Gasteiger partial charge in [-0.05, 0) is 19.1 Å². The van der Waals surface area contributed by atoms with Crippen LogP contribution in [0.15, 0.2) is 45.8 Å². The summed E-state index contributed by atoms with van der Waals surface area (Å²) < 4.78 is 5.50. The van der Waals surface area contributed by atoms with Crippen molar-refractivity contribution in [2.24, 2.45) is 4.99 Å². The second-order valence-electron chi connectivity index (χ2n) is 4.18. The number of ketones is 1. The minimum Gasteiger partial charge on any atom is -0.455 e. The summed E-state index contributed by atoms with van der Waals surface area (Å²) >= 11 is 0. The van der Waals surface area contributed by atoms with Gasteiger partial charge in [0.25, 0.3) is 5.69 Å². The highest BCUT2D eigenvalue weighted by Crippen LogP contribution is 2.25. The molecule has 1 heterocycles. The maximum absolute atomic E-state index is 10.8. The minimum atomic E-state index is -0.457. The van der Waals surface area contributed by atoms with E-state index < -0.39 is 4.92 Å². The summed E-state index contributed by atoms with van der Waals surface area (Å²) in [6.45, 7) is 1.56. The lowest BCUT2D eigenvalue weighted by molar-refractivity contribution is -0.384. The van der Waals surface area contributed by atoms with Crippen LogP contribution >= 0.6 is 0 Å². The van der Waals surface area contributed by atoms with Crippen LogP contribution in [0.4, 0.5) is 5.69 Å². The van der Waals surface area contributed by atoms with Crippen molar-refractivity contribution in [3.8, 4) is 11.3 Å². The number of benzene rings is 1. The van der Waals surface area contributed by atoms with Crippen molar-refractivity contribution in [2.45, 2.75) is 6.92 Å². The summed E-state index contributed by atoms with van der Waals surface area (Å²) in [5, 5.41) is 10.7. The fourth-order valence-electron chi connectivity index (χ4n) is 1.61. The Morgan fingerprint density at radius 3 is 2.90 bits per heavy atom. The molecule has 0 amide bonds. The third kappa shape index (κ3) is 3.38. The van der Waals surface area contributed by atoms with Gasteiger partial charge in [-0.1, -0.05) is 12.1 Å². The Morgan fingerprint density at radius 2 is 2.20 bits per heavy atom. The number of nitro benzene ring substituents is 1. The smallest absolute Gasteiger partial charge is 0.270 e. The standard InChI is InChI=1S/C14H12N2O4/c1-10(17)8-15-9-13-5-6-14(20-13)11-3-2-4-12(7-11)16(18)19/h2-7,9H,8H2,1H3. The van der Waals surface area contributed by atoms with Gasteiger partial charge in [0.2, 0.25) is 0 Å². The first-order valence-corrected chi connectivity index (χ1v) is 5.90. The van der Waals surface area contributed by atoms with Crippen molar-refractivity contribution < 1.29 is 14.1 Å². The Morgan fingerprint density at radius 1 is 1.40 bits per heavy atom. The molecule has 0 atom stereocenters. The van der Waals surface area contributed by atoms with Crippen LogP contribution in [0.5, 0.6) is 0 Å². The third-order valence-electron chi connectivity index (χ3n) is 2.50. The molecule has 2 aromatic rings. The molecule has 0 N–H and O–H groups in total. The van der Waals surface area contributed by atoms with Gasteiger partial charge < -0.3 is 4.42 Å². The van der Waals surface area contributed by atoms with Crippen LogP contribution in [0.25, 0.3) is 11.3 Å². The van der Waals surface area contributed by atoms with Gasteiger partial charge in [-0.3, -0.25) is 19.9 Å². The molecule has 20 heavy (non-hydrogen) atoms. The van der Waals surface area contributed by atoms with E-state index in [4.69, 9.17) is 4.42 Å². The van der Waals surface area contributed by atoms with Crippen molar-refractivity contribution >= 4 is 17.7 Å². The van der Waals surface area contributed by atoms with E-state index in [1.54, 1.807) is 24.3 Å². The fourth-order valence-corrected chi connectivity index (χ4v) is 1.61. The Labute approximate surface area is 114 Å². The van der Waals surface area contributed by atoms with Gasteiger partial charge in [-0.2, -0.15) is 0 Å². The maximum atomic E-state index is 10.8. The molecule has 0 aliphatic carbocycles. The molecule has 6 nitrogen and oxygen atoms in total. The zero-order chi connectivity index (χ0) is 14.5. The van der Waals surface area contributed by atoms with Crippen LogP contribution in [0.2, 0.25) is 0 Å². The Balaban J connectivity index is 2.20. The molecule has 102 valence electrons. The van der Waals surface area contributed by atoms with Crippen LogP contribution in [0.1, 0.15) is 12.7 Å². The van der Waals surface area contributed by atoms with Gasteiger partial charge in [-0.25, -0.2) is 0 Å². The second-order valence-corrected chi connectivity index (χ2v) is 4.18. The predicted molar refractivity (Wildman–Crippen MR) is 73.9 cm³/mol. The van der Waals surface area contributed by atoms with Gasteiger partial charge >= 0.3 is 0 Å². The second kappa shape index (κ2) is 5.92. The van der Waals surface area contributed by atoms with Crippen molar-refractivity contribution in [1.82, 2.24) is 0 Å². The quantitative estimate of drug-likeness (QED) is 0.475. The van der Waals surface area contributed by atoms with E-state index in [1.807, 2.05) is 0 Å². The molecule has 0 aliphatic heterocycles. The average Bonchev–Trinajstić information content (AvgIpc) is 2.87. The molecular weight excluding hydrogens is 260 g/mol. The van der Waals surface area contributed by atoms with Crippen molar-refractivity contribution in [3.63, 3.8) is 0 Å². The third-order valence-corrected chi connectivity index (χ3v) is 2.50. The maximum Gasteiger partial charge on any atom is 0.270 e. The van der Waals surface area contributed by atoms with E-state index >= 15 is 0 Å².